The van der Waals surface area contributed by atoms with Gasteiger partial charge in [-0.05, 0) is 36.8 Å². The van der Waals surface area contributed by atoms with E-state index >= 15 is 8.78 Å². The van der Waals surface area contributed by atoms with Crippen LogP contribution in [0.25, 0.3) is 22.5 Å². The van der Waals surface area contributed by atoms with Crippen LogP contribution in [0.15, 0.2) is 54.9 Å². The zero-order valence-electron chi connectivity index (χ0n) is 24.0. The molecule has 1 aromatic carbocycles. The lowest BCUT2D eigenvalue weighted by atomic mass is 10.0. The predicted octanol–water partition coefficient (Wildman–Crippen LogP) is 4.34. The molecule has 0 bridgehead atoms. The molecule has 230 valence electrons. The normalized spacial score (nSPS) is 14.5. The van der Waals surface area contributed by atoms with Crippen LogP contribution >= 0.6 is 11.6 Å². The molecule has 1 unspecified atom stereocenters. The Morgan fingerprint density at radius 1 is 1.02 bits per heavy atom. The van der Waals surface area contributed by atoms with Crippen molar-refractivity contribution in [3.05, 3.63) is 82.6 Å². The highest BCUT2D eigenvalue weighted by Crippen LogP contribution is 2.38. The first-order valence-corrected chi connectivity index (χ1v) is 14.5. The topological polar surface area (TPSA) is 133 Å². The predicted molar refractivity (Wildman–Crippen MR) is 164 cm³/mol. The van der Waals surface area contributed by atoms with Gasteiger partial charge in [0.1, 0.15) is 0 Å². The Kier molecular flexibility index (Phi) is 10.3. The zero-order chi connectivity index (χ0) is 31.1. The Morgan fingerprint density at radius 2 is 1.84 bits per heavy atom. The summed E-state index contributed by atoms with van der Waals surface area (Å²) in [6.07, 6.45) is 4.27. The molecule has 0 aliphatic carbocycles. The molecule has 1 atom stereocenters. The van der Waals surface area contributed by atoms with Gasteiger partial charge in [-0.1, -0.05) is 23.7 Å². The molecule has 1 aliphatic rings. The number of halogens is 3. The van der Waals surface area contributed by atoms with Crippen molar-refractivity contribution in [1.82, 2.24) is 30.9 Å². The van der Waals surface area contributed by atoms with E-state index < -0.39 is 11.6 Å². The van der Waals surface area contributed by atoms with Gasteiger partial charge in [-0.15, -0.1) is 0 Å². The molecule has 44 heavy (non-hydrogen) atoms. The summed E-state index contributed by atoms with van der Waals surface area (Å²) < 4.78 is 36.5. The number of hydrogen-bond donors (Lipinski definition) is 5. The van der Waals surface area contributed by atoms with Gasteiger partial charge in [0.05, 0.1) is 35.8 Å². The Labute approximate surface area is 258 Å². The second-order valence-electron chi connectivity index (χ2n) is 10.1. The van der Waals surface area contributed by atoms with Crippen LogP contribution in [-0.4, -0.2) is 58.8 Å². The van der Waals surface area contributed by atoms with Crippen molar-refractivity contribution in [1.29, 1.82) is 0 Å². The lowest BCUT2D eigenvalue weighted by Crippen LogP contribution is -2.35. The molecule has 0 spiro atoms. The van der Waals surface area contributed by atoms with E-state index in [1.165, 1.54) is 37.7 Å². The Balaban J connectivity index is 1.37. The van der Waals surface area contributed by atoms with Gasteiger partial charge in [0.2, 0.25) is 11.8 Å². The van der Waals surface area contributed by atoms with Crippen molar-refractivity contribution >= 4 is 29.0 Å². The standard InChI is InChI=1S/C31H32ClF2N7O3/c1-44-31-19(16-36-17-20-6-8-25(43)39-20)5-7-23(41-31)21-10-12-37-29(26(21)32)22-3-2-4-24(28(22)34)40-30-27(33)18(9-11-38-30)15-35-13-14-42/h2-5,7,9-12,20,35-36,42H,6,8,13-17H2,1H3,(H,38,40)(H,39,43). The van der Waals surface area contributed by atoms with E-state index in [9.17, 15) is 4.79 Å². The number of nitrogens with one attached hydrogen (secondary N) is 4. The van der Waals surface area contributed by atoms with Gasteiger partial charge in [-0.25, -0.2) is 18.7 Å². The largest absolute Gasteiger partial charge is 0.481 e. The van der Waals surface area contributed by atoms with Gasteiger partial charge >= 0.3 is 0 Å². The van der Waals surface area contributed by atoms with Crippen molar-refractivity contribution in [2.24, 2.45) is 0 Å². The molecular weight excluding hydrogens is 592 g/mol. The number of hydrogen-bond acceptors (Lipinski definition) is 9. The molecule has 10 nitrogen and oxygen atoms in total. The highest BCUT2D eigenvalue weighted by atomic mass is 35.5. The number of anilines is 2. The van der Waals surface area contributed by atoms with Crippen LogP contribution in [0.1, 0.15) is 24.0 Å². The fraction of sp³-hybridized carbons (Fsp3) is 0.290. The van der Waals surface area contributed by atoms with Crippen LogP contribution in [0, 0.1) is 11.6 Å². The number of ether oxygens (including phenoxy) is 1. The number of pyridine rings is 3. The number of aromatic nitrogens is 3. The lowest BCUT2D eigenvalue weighted by Gasteiger charge is -2.15. The molecule has 1 amide bonds. The number of carbonyl (C=O) groups is 1. The number of methoxy groups -OCH3 is 1. The highest BCUT2D eigenvalue weighted by molar-refractivity contribution is 6.35. The summed E-state index contributed by atoms with van der Waals surface area (Å²) in [7, 11) is 1.53. The maximum atomic E-state index is 15.8. The van der Waals surface area contributed by atoms with Crippen molar-refractivity contribution in [3.8, 4) is 28.4 Å². The third-order valence-corrected chi connectivity index (χ3v) is 7.55. The summed E-state index contributed by atoms with van der Waals surface area (Å²) in [5.41, 5.74) is 2.46. The van der Waals surface area contributed by atoms with E-state index in [0.29, 0.717) is 48.8 Å². The van der Waals surface area contributed by atoms with Crippen LogP contribution in [0.4, 0.5) is 20.3 Å². The van der Waals surface area contributed by atoms with Gasteiger partial charge in [0.25, 0.3) is 0 Å². The average molecular weight is 624 g/mol. The average Bonchev–Trinajstić information content (AvgIpc) is 3.45. The lowest BCUT2D eigenvalue weighted by molar-refractivity contribution is -0.119. The number of rotatable bonds is 13. The Morgan fingerprint density at radius 3 is 2.61 bits per heavy atom. The first kappa shape index (κ1) is 31.2. The zero-order valence-corrected chi connectivity index (χ0v) is 24.7. The third-order valence-electron chi connectivity index (χ3n) is 7.17. The van der Waals surface area contributed by atoms with E-state index in [0.717, 1.165) is 12.0 Å². The summed E-state index contributed by atoms with van der Waals surface area (Å²) >= 11 is 6.80. The summed E-state index contributed by atoms with van der Waals surface area (Å²) in [6.45, 7) is 1.52. The number of carbonyl (C=O) groups excluding carboxylic acids is 1. The number of aliphatic hydroxyl groups is 1. The van der Waals surface area contributed by atoms with Crippen molar-refractivity contribution in [2.75, 3.05) is 32.1 Å². The summed E-state index contributed by atoms with van der Waals surface area (Å²) in [5, 5.41) is 21.0. The van der Waals surface area contributed by atoms with Crippen LogP contribution < -0.4 is 26.0 Å². The van der Waals surface area contributed by atoms with Gasteiger partial charge in [0, 0.05) is 73.3 Å². The number of aliphatic hydroxyl groups excluding tert-OH is 1. The molecule has 1 aliphatic heterocycles. The molecule has 0 saturated carbocycles. The number of amides is 1. The van der Waals surface area contributed by atoms with E-state index in [4.69, 9.17) is 21.4 Å². The summed E-state index contributed by atoms with van der Waals surface area (Å²) in [4.78, 5) is 24.5. The van der Waals surface area contributed by atoms with E-state index in [1.54, 1.807) is 18.2 Å². The smallest absolute Gasteiger partial charge is 0.220 e. The molecule has 0 radical (unpaired) electrons. The van der Waals surface area contributed by atoms with E-state index in [-0.39, 0.29) is 52.9 Å². The third kappa shape index (κ3) is 7.11. The summed E-state index contributed by atoms with van der Waals surface area (Å²) in [6, 6.07) is 11.6. The molecule has 4 heterocycles. The van der Waals surface area contributed by atoms with Crippen molar-refractivity contribution in [3.63, 3.8) is 0 Å². The Hall–Kier alpha value is -4.23. The molecule has 13 heteroatoms. The fourth-order valence-corrected chi connectivity index (χ4v) is 5.23. The molecule has 5 rings (SSSR count). The second-order valence-corrected chi connectivity index (χ2v) is 10.5. The molecule has 4 aromatic rings. The van der Waals surface area contributed by atoms with Gasteiger partial charge < -0.3 is 31.1 Å². The van der Waals surface area contributed by atoms with Crippen LogP contribution in [0.5, 0.6) is 5.88 Å². The number of nitrogens with zero attached hydrogens (tertiary/aromatic N) is 3. The van der Waals surface area contributed by atoms with E-state index in [1.807, 2.05) is 6.07 Å². The molecule has 3 aromatic heterocycles. The second kappa shape index (κ2) is 14.5. The quantitative estimate of drug-likeness (QED) is 0.138. The summed E-state index contributed by atoms with van der Waals surface area (Å²) in [5.74, 6) is -0.993. The molecular formula is C31H32ClF2N7O3. The van der Waals surface area contributed by atoms with E-state index in [2.05, 4.69) is 36.2 Å². The minimum atomic E-state index is -0.686. The fourth-order valence-electron chi connectivity index (χ4n) is 4.92. The maximum absolute atomic E-state index is 15.8. The van der Waals surface area contributed by atoms with Crippen molar-refractivity contribution < 1.29 is 23.4 Å². The molecule has 1 fully saturated rings. The van der Waals surface area contributed by atoms with Gasteiger partial charge in [-0.3, -0.25) is 9.78 Å². The maximum Gasteiger partial charge on any atom is 0.220 e. The van der Waals surface area contributed by atoms with Crippen LogP contribution in [0.3, 0.4) is 0 Å². The van der Waals surface area contributed by atoms with Crippen LogP contribution in [0.2, 0.25) is 5.02 Å². The van der Waals surface area contributed by atoms with Crippen LogP contribution in [-0.2, 0) is 17.9 Å². The first-order valence-electron chi connectivity index (χ1n) is 14.1. The van der Waals surface area contributed by atoms with Gasteiger partial charge in [0.15, 0.2) is 17.5 Å². The highest BCUT2D eigenvalue weighted by Gasteiger charge is 2.21. The van der Waals surface area contributed by atoms with Crippen molar-refractivity contribution in [2.45, 2.75) is 32.0 Å². The Bertz CT molecular complexity index is 1640. The van der Waals surface area contributed by atoms with Gasteiger partial charge in [-0.2, -0.15) is 0 Å². The number of benzene rings is 1. The first-order chi connectivity index (χ1) is 21.4. The minimum absolute atomic E-state index is 0.00791. The minimum Gasteiger partial charge on any atom is -0.481 e. The molecule has 5 N–H and O–H groups in total. The monoisotopic (exact) mass is 623 g/mol. The SMILES string of the molecule is COc1nc(-c2ccnc(-c3cccc(Nc4nccc(CNCCO)c4F)c3F)c2Cl)ccc1CNCC1CCC(=O)N1. The molecule has 1 saturated heterocycles.